The Morgan fingerprint density at radius 1 is 1.14 bits per heavy atom. The van der Waals surface area contributed by atoms with Crippen molar-refractivity contribution in [3.05, 3.63) is 24.4 Å². The van der Waals surface area contributed by atoms with E-state index in [1.807, 2.05) is 34.6 Å². The van der Waals surface area contributed by atoms with Crippen LogP contribution in [0.25, 0.3) is 0 Å². The summed E-state index contributed by atoms with van der Waals surface area (Å²) in [6.45, 7) is 9.40. The fourth-order valence-electron chi connectivity index (χ4n) is 2.69. The van der Waals surface area contributed by atoms with E-state index < -0.39 is 29.2 Å². The van der Waals surface area contributed by atoms with Crippen molar-refractivity contribution in [3.63, 3.8) is 0 Å². The van der Waals surface area contributed by atoms with Gasteiger partial charge in [-0.2, -0.15) is 0 Å². The van der Waals surface area contributed by atoms with Crippen molar-refractivity contribution in [2.24, 2.45) is 17.3 Å². The first-order chi connectivity index (χ1) is 13.5. The van der Waals surface area contributed by atoms with Crippen LogP contribution in [-0.2, 0) is 14.4 Å². The zero-order chi connectivity index (χ0) is 22.6. The molecule has 0 fully saturated rings. The van der Waals surface area contributed by atoms with Gasteiger partial charge in [-0.3, -0.25) is 19.6 Å². The number of aromatic nitrogens is 1. The molecule has 2 unspecified atom stereocenters. The van der Waals surface area contributed by atoms with Crippen molar-refractivity contribution < 1.29 is 19.6 Å². The summed E-state index contributed by atoms with van der Waals surface area (Å²) in [6, 6.07) is 4.33. The summed E-state index contributed by atoms with van der Waals surface area (Å²) in [5.74, 6) is -1.51. The fraction of sp³-hybridized carbons (Fsp3) is 0.524. The van der Waals surface area contributed by atoms with E-state index in [0.717, 1.165) is 0 Å². The summed E-state index contributed by atoms with van der Waals surface area (Å²) >= 11 is 0. The van der Waals surface area contributed by atoms with Crippen molar-refractivity contribution in [1.82, 2.24) is 15.8 Å². The number of nitrogens with zero attached hydrogens (tertiary/aromatic N) is 1. The maximum Gasteiger partial charge on any atom is 0.248 e. The van der Waals surface area contributed by atoms with Gasteiger partial charge in [0.1, 0.15) is 11.9 Å². The van der Waals surface area contributed by atoms with Crippen molar-refractivity contribution in [3.8, 4) is 12.8 Å². The first kappa shape index (κ1) is 26.1. The Morgan fingerprint density at radius 2 is 1.76 bits per heavy atom. The third kappa shape index (κ3) is 9.72. The second-order valence-corrected chi connectivity index (χ2v) is 8.08. The Bertz CT molecular complexity index is 681. The highest BCUT2D eigenvalue weighted by atomic mass is 16.5. The average Bonchev–Trinajstić information content (AvgIpc) is 2.66. The Balaban J connectivity index is 0.00000379. The van der Waals surface area contributed by atoms with E-state index in [2.05, 4.69) is 28.5 Å². The fourth-order valence-corrected chi connectivity index (χ4v) is 2.69. The molecule has 8 nitrogen and oxygen atoms in total. The van der Waals surface area contributed by atoms with E-state index in [9.17, 15) is 14.4 Å². The normalized spacial score (nSPS) is 12.7. The van der Waals surface area contributed by atoms with Gasteiger partial charge in [-0.1, -0.05) is 40.7 Å². The third-order valence-corrected chi connectivity index (χ3v) is 4.01. The number of carbonyl (C=O) groups excluding carboxylic acids is 3. The minimum atomic E-state index is -0.821. The lowest BCUT2D eigenvalue weighted by molar-refractivity contribution is -0.136. The molecule has 1 aromatic heterocycles. The maximum absolute atomic E-state index is 12.8. The van der Waals surface area contributed by atoms with Crippen LogP contribution in [0.5, 0.6) is 0 Å². The standard InChI is InChI=1S/C19H30N4O4.C2H2/c1-12(2)10-13(11-15(24)23-27)17(25)22-16(19(3,4)5)18(26)21-14-8-6-7-9-20-14;1-2/h6-9,12-13,16,27H,10-11H2,1-5H3,(H,22,25)(H,23,24)(H,20,21,26);1-2H. The van der Waals surface area contributed by atoms with Crippen LogP contribution in [-0.4, -0.2) is 34.0 Å². The van der Waals surface area contributed by atoms with Gasteiger partial charge in [0.05, 0.1) is 0 Å². The lowest BCUT2D eigenvalue weighted by atomic mass is 9.85. The Hall–Kier alpha value is -2.92. The molecule has 0 saturated heterocycles. The number of anilines is 1. The minimum absolute atomic E-state index is 0.154. The van der Waals surface area contributed by atoms with Crippen molar-refractivity contribution >= 4 is 23.5 Å². The Kier molecular flexibility index (Phi) is 11.3. The van der Waals surface area contributed by atoms with Gasteiger partial charge in [0.15, 0.2) is 0 Å². The smallest absolute Gasteiger partial charge is 0.248 e. The molecule has 0 radical (unpaired) electrons. The average molecular weight is 405 g/mol. The summed E-state index contributed by atoms with van der Waals surface area (Å²) in [6.07, 6.45) is 9.86. The number of hydroxylamine groups is 1. The SMILES string of the molecule is C#C.CC(C)CC(CC(=O)NO)C(=O)NC(C(=O)Nc1ccccn1)C(C)(C)C. The van der Waals surface area contributed by atoms with Crippen LogP contribution in [0.2, 0.25) is 0 Å². The highest BCUT2D eigenvalue weighted by Crippen LogP contribution is 2.23. The summed E-state index contributed by atoms with van der Waals surface area (Å²) in [4.78, 5) is 41.1. The molecule has 1 rings (SSSR count). The highest BCUT2D eigenvalue weighted by molar-refractivity contribution is 5.97. The van der Waals surface area contributed by atoms with Crippen molar-refractivity contribution in [2.45, 2.75) is 53.5 Å². The van der Waals surface area contributed by atoms with Gasteiger partial charge in [0, 0.05) is 18.5 Å². The minimum Gasteiger partial charge on any atom is -0.344 e. The number of hydrogen-bond acceptors (Lipinski definition) is 5. The summed E-state index contributed by atoms with van der Waals surface area (Å²) in [5, 5.41) is 14.2. The topological polar surface area (TPSA) is 120 Å². The second kappa shape index (κ2) is 12.5. The third-order valence-electron chi connectivity index (χ3n) is 4.01. The van der Waals surface area contributed by atoms with Crippen LogP contribution < -0.4 is 16.1 Å². The molecule has 1 aromatic rings. The lowest BCUT2D eigenvalue weighted by Gasteiger charge is -2.31. The van der Waals surface area contributed by atoms with E-state index in [0.29, 0.717) is 12.2 Å². The molecule has 0 aliphatic carbocycles. The van der Waals surface area contributed by atoms with Crippen LogP contribution in [0.4, 0.5) is 5.82 Å². The molecule has 1 heterocycles. The predicted molar refractivity (Wildman–Crippen MR) is 112 cm³/mol. The summed E-state index contributed by atoms with van der Waals surface area (Å²) in [7, 11) is 0. The largest absolute Gasteiger partial charge is 0.344 e. The second-order valence-electron chi connectivity index (χ2n) is 8.08. The quantitative estimate of drug-likeness (QED) is 0.301. The van der Waals surface area contributed by atoms with Gasteiger partial charge in [-0.25, -0.2) is 10.5 Å². The van der Waals surface area contributed by atoms with Crippen molar-refractivity contribution in [2.75, 3.05) is 5.32 Å². The van der Waals surface area contributed by atoms with Crippen LogP contribution in [0.1, 0.15) is 47.5 Å². The molecule has 0 aliphatic heterocycles. The van der Waals surface area contributed by atoms with Crippen LogP contribution in [0.3, 0.4) is 0 Å². The van der Waals surface area contributed by atoms with E-state index in [-0.39, 0.29) is 18.2 Å². The van der Waals surface area contributed by atoms with Crippen LogP contribution in [0, 0.1) is 30.1 Å². The van der Waals surface area contributed by atoms with Gasteiger partial charge in [0.25, 0.3) is 0 Å². The molecule has 0 saturated carbocycles. The monoisotopic (exact) mass is 404 g/mol. The summed E-state index contributed by atoms with van der Waals surface area (Å²) < 4.78 is 0. The lowest BCUT2D eigenvalue weighted by Crippen LogP contribution is -2.53. The molecule has 160 valence electrons. The van der Waals surface area contributed by atoms with Gasteiger partial charge in [-0.15, -0.1) is 12.8 Å². The molecule has 29 heavy (non-hydrogen) atoms. The molecule has 0 bridgehead atoms. The van der Waals surface area contributed by atoms with Gasteiger partial charge in [-0.05, 0) is 29.9 Å². The zero-order valence-corrected chi connectivity index (χ0v) is 17.7. The Labute approximate surface area is 172 Å². The highest BCUT2D eigenvalue weighted by Gasteiger charge is 2.35. The van der Waals surface area contributed by atoms with E-state index in [1.54, 1.807) is 29.9 Å². The van der Waals surface area contributed by atoms with Crippen LogP contribution in [0.15, 0.2) is 24.4 Å². The number of carbonyl (C=O) groups is 3. The number of terminal acetylenes is 1. The molecular weight excluding hydrogens is 372 g/mol. The first-order valence-corrected chi connectivity index (χ1v) is 9.33. The van der Waals surface area contributed by atoms with E-state index >= 15 is 0 Å². The van der Waals surface area contributed by atoms with Gasteiger partial charge < -0.3 is 10.6 Å². The zero-order valence-electron chi connectivity index (χ0n) is 17.7. The number of hydrogen-bond donors (Lipinski definition) is 4. The molecule has 0 spiro atoms. The Morgan fingerprint density at radius 3 is 2.21 bits per heavy atom. The number of pyridine rings is 1. The molecular formula is C21H32N4O4. The molecule has 0 aromatic carbocycles. The number of nitrogens with one attached hydrogen (secondary N) is 3. The van der Waals surface area contributed by atoms with Gasteiger partial charge >= 0.3 is 0 Å². The predicted octanol–water partition coefficient (Wildman–Crippen LogP) is 2.36. The molecule has 0 aliphatic rings. The molecule has 2 atom stereocenters. The summed E-state index contributed by atoms with van der Waals surface area (Å²) in [5.41, 5.74) is 0.997. The van der Waals surface area contributed by atoms with Crippen molar-refractivity contribution in [1.29, 1.82) is 0 Å². The number of amides is 3. The first-order valence-electron chi connectivity index (χ1n) is 9.33. The molecule has 8 heteroatoms. The van der Waals surface area contributed by atoms with Gasteiger partial charge in [0.2, 0.25) is 17.7 Å². The number of rotatable bonds is 8. The van der Waals surface area contributed by atoms with E-state index in [4.69, 9.17) is 5.21 Å². The molecule has 4 N–H and O–H groups in total. The molecule has 3 amide bonds. The van der Waals surface area contributed by atoms with E-state index in [1.165, 1.54) is 0 Å². The van der Waals surface area contributed by atoms with Crippen LogP contribution >= 0.6 is 0 Å². The maximum atomic E-state index is 12.8.